The number of ether oxygens (including phenoxy) is 3. The fourth-order valence-electron chi connectivity index (χ4n) is 1.87. The molecule has 7 nitrogen and oxygen atoms in total. The standard InChI is InChI=1S/C9H8BrFO3.C8H5BrF4O4S/c1-13-8-4-6(10)7(11)3-5(8)9(12)14-2;1-16-6-2-4(9)5(10)3-7(6)17-18(14,15)8(11,12)13/h3-4H,1-2H3;2-3H,1H3. The molecule has 0 heterocycles. The van der Waals surface area contributed by atoms with Gasteiger partial charge >= 0.3 is 21.6 Å². The van der Waals surface area contributed by atoms with Crippen LogP contribution in [0.1, 0.15) is 10.4 Å². The Balaban J connectivity index is 0.000000330. The Morgan fingerprint density at radius 3 is 1.75 bits per heavy atom. The molecule has 0 aliphatic heterocycles. The molecular formula is C17H13Br2F5O7S. The summed E-state index contributed by atoms with van der Waals surface area (Å²) in [4.78, 5) is 11.2. The van der Waals surface area contributed by atoms with E-state index in [1.165, 1.54) is 20.3 Å². The van der Waals surface area contributed by atoms with E-state index < -0.39 is 39.0 Å². The third kappa shape index (κ3) is 6.93. The number of hydrogen-bond acceptors (Lipinski definition) is 7. The van der Waals surface area contributed by atoms with Crippen molar-refractivity contribution in [3.8, 4) is 17.2 Å². The van der Waals surface area contributed by atoms with Crippen LogP contribution in [0.25, 0.3) is 0 Å². The fraction of sp³-hybridized carbons (Fsp3) is 0.235. The summed E-state index contributed by atoms with van der Waals surface area (Å²) >= 11 is 5.74. The van der Waals surface area contributed by atoms with Gasteiger partial charge in [-0.05, 0) is 44.0 Å². The molecule has 15 heteroatoms. The van der Waals surface area contributed by atoms with Gasteiger partial charge in [0.1, 0.15) is 22.9 Å². The molecule has 0 aromatic heterocycles. The molecule has 0 spiro atoms. The Bertz CT molecular complexity index is 1090. The third-order valence-electron chi connectivity index (χ3n) is 3.34. The predicted molar refractivity (Wildman–Crippen MR) is 108 cm³/mol. The maximum Gasteiger partial charge on any atom is 0.534 e. The van der Waals surface area contributed by atoms with Crippen molar-refractivity contribution in [1.29, 1.82) is 0 Å². The van der Waals surface area contributed by atoms with Gasteiger partial charge < -0.3 is 18.4 Å². The van der Waals surface area contributed by atoms with E-state index in [0.717, 1.165) is 19.2 Å². The van der Waals surface area contributed by atoms with E-state index in [0.29, 0.717) is 6.07 Å². The zero-order chi connectivity index (χ0) is 24.9. The van der Waals surface area contributed by atoms with E-state index in [9.17, 15) is 35.2 Å². The highest BCUT2D eigenvalue weighted by Gasteiger charge is 2.49. The minimum absolute atomic E-state index is 0.0655. The molecule has 2 rings (SSSR count). The summed E-state index contributed by atoms with van der Waals surface area (Å²) in [6, 6.07) is 3.85. The molecule has 0 unspecified atom stereocenters. The van der Waals surface area contributed by atoms with Crippen LogP contribution in [-0.4, -0.2) is 41.2 Å². The van der Waals surface area contributed by atoms with E-state index in [2.05, 4.69) is 45.5 Å². The van der Waals surface area contributed by atoms with Crippen LogP contribution >= 0.6 is 31.9 Å². The van der Waals surface area contributed by atoms with Gasteiger partial charge in [-0.25, -0.2) is 13.6 Å². The predicted octanol–water partition coefficient (Wildman–Crippen LogP) is 5.21. The number of hydrogen-bond donors (Lipinski definition) is 0. The molecule has 0 saturated carbocycles. The monoisotopic (exact) mass is 614 g/mol. The molecule has 0 amide bonds. The second kappa shape index (κ2) is 11.1. The first-order valence-electron chi connectivity index (χ1n) is 7.83. The molecule has 0 aliphatic rings. The Morgan fingerprint density at radius 1 is 0.844 bits per heavy atom. The largest absolute Gasteiger partial charge is 0.534 e. The van der Waals surface area contributed by atoms with E-state index in [4.69, 9.17) is 4.74 Å². The molecular weight excluding hydrogens is 603 g/mol. The van der Waals surface area contributed by atoms with Gasteiger partial charge in [0.2, 0.25) is 0 Å². The summed E-state index contributed by atoms with van der Waals surface area (Å²) in [5, 5.41) is 0. The van der Waals surface area contributed by atoms with Crippen LogP contribution in [-0.2, 0) is 14.9 Å². The molecule has 32 heavy (non-hydrogen) atoms. The summed E-state index contributed by atoms with van der Waals surface area (Å²) in [5.74, 6) is -3.15. The first-order valence-corrected chi connectivity index (χ1v) is 10.8. The lowest BCUT2D eigenvalue weighted by Gasteiger charge is -2.12. The average molecular weight is 616 g/mol. The van der Waals surface area contributed by atoms with E-state index >= 15 is 0 Å². The zero-order valence-electron chi connectivity index (χ0n) is 16.2. The first kappa shape index (κ1) is 27.9. The molecule has 0 N–H and O–H groups in total. The van der Waals surface area contributed by atoms with Gasteiger partial charge in [-0.2, -0.15) is 21.6 Å². The van der Waals surface area contributed by atoms with E-state index in [1.807, 2.05) is 0 Å². The number of halogens is 7. The number of methoxy groups -OCH3 is 3. The molecule has 2 aromatic carbocycles. The van der Waals surface area contributed by atoms with Gasteiger partial charge in [-0.1, -0.05) is 0 Å². The molecule has 0 radical (unpaired) electrons. The van der Waals surface area contributed by atoms with Crippen LogP contribution in [0.5, 0.6) is 17.2 Å². The first-order chi connectivity index (χ1) is 14.7. The fourth-order valence-corrected chi connectivity index (χ4v) is 2.97. The highest BCUT2D eigenvalue weighted by Crippen LogP contribution is 2.36. The molecule has 0 atom stereocenters. The molecule has 0 saturated heterocycles. The third-order valence-corrected chi connectivity index (χ3v) is 5.52. The van der Waals surface area contributed by atoms with Crippen LogP contribution in [0, 0.1) is 11.6 Å². The Labute approximate surface area is 195 Å². The number of alkyl halides is 3. The molecule has 178 valence electrons. The summed E-state index contributed by atoms with van der Waals surface area (Å²) < 4.78 is 102. The van der Waals surface area contributed by atoms with Gasteiger partial charge in [0.25, 0.3) is 0 Å². The van der Waals surface area contributed by atoms with Crippen molar-refractivity contribution in [2.45, 2.75) is 5.51 Å². The van der Waals surface area contributed by atoms with Gasteiger partial charge in [0, 0.05) is 12.1 Å². The van der Waals surface area contributed by atoms with Crippen LogP contribution in [0.2, 0.25) is 0 Å². The highest BCUT2D eigenvalue weighted by molar-refractivity contribution is 9.10. The van der Waals surface area contributed by atoms with E-state index in [-0.39, 0.29) is 26.0 Å². The van der Waals surface area contributed by atoms with Gasteiger partial charge in [-0.3, -0.25) is 0 Å². The lowest BCUT2D eigenvalue weighted by Crippen LogP contribution is -2.28. The van der Waals surface area contributed by atoms with Crippen molar-refractivity contribution in [2.75, 3.05) is 21.3 Å². The Morgan fingerprint density at radius 2 is 1.31 bits per heavy atom. The van der Waals surface area contributed by atoms with Crippen molar-refractivity contribution in [1.82, 2.24) is 0 Å². The summed E-state index contributed by atoms with van der Waals surface area (Å²) in [6.45, 7) is 0. The van der Waals surface area contributed by atoms with Crippen molar-refractivity contribution in [3.63, 3.8) is 0 Å². The topological polar surface area (TPSA) is 88.1 Å². The summed E-state index contributed by atoms with van der Waals surface area (Å²) in [6.07, 6.45) is 0. The molecule has 2 aromatic rings. The van der Waals surface area contributed by atoms with Crippen molar-refractivity contribution < 1.29 is 53.6 Å². The number of carbonyl (C=O) groups is 1. The normalized spacial score (nSPS) is 11.2. The summed E-state index contributed by atoms with van der Waals surface area (Å²) in [5.41, 5.74) is -5.54. The number of benzene rings is 2. The van der Waals surface area contributed by atoms with Gasteiger partial charge in [-0.15, -0.1) is 0 Å². The minimum Gasteiger partial charge on any atom is -0.496 e. The SMILES string of the molecule is COC(=O)c1cc(F)c(Br)cc1OC.COc1cc(Br)c(F)cc1OS(=O)(=O)C(F)(F)F. The minimum atomic E-state index is -5.87. The number of carbonyl (C=O) groups excluding carboxylic acids is 1. The van der Waals surface area contributed by atoms with Crippen LogP contribution in [0.3, 0.4) is 0 Å². The number of rotatable bonds is 5. The van der Waals surface area contributed by atoms with Crippen LogP contribution < -0.4 is 13.7 Å². The maximum absolute atomic E-state index is 13.1. The summed E-state index contributed by atoms with van der Waals surface area (Å²) in [7, 11) is -2.19. The van der Waals surface area contributed by atoms with Crippen molar-refractivity contribution in [3.05, 3.63) is 50.4 Å². The van der Waals surface area contributed by atoms with Crippen LogP contribution in [0.15, 0.2) is 33.2 Å². The lowest BCUT2D eigenvalue weighted by molar-refractivity contribution is -0.0500. The molecule has 0 bridgehead atoms. The van der Waals surface area contributed by atoms with Crippen molar-refractivity contribution >= 4 is 47.9 Å². The molecule has 0 fully saturated rings. The second-order valence-corrected chi connectivity index (χ2v) is 8.61. The maximum atomic E-state index is 13.1. The smallest absolute Gasteiger partial charge is 0.496 e. The highest BCUT2D eigenvalue weighted by atomic mass is 79.9. The van der Waals surface area contributed by atoms with Crippen LogP contribution in [0.4, 0.5) is 22.0 Å². The van der Waals surface area contributed by atoms with Gasteiger partial charge in [0.05, 0.1) is 30.3 Å². The Kier molecular flexibility index (Phi) is 9.71. The van der Waals surface area contributed by atoms with Gasteiger partial charge in [0.15, 0.2) is 11.5 Å². The Hall–Kier alpha value is -2.13. The van der Waals surface area contributed by atoms with Crippen molar-refractivity contribution in [2.24, 2.45) is 0 Å². The van der Waals surface area contributed by atoms with E-state index in [1.54, 1.807) is 0 Å². The second-order valence-electron chi connectivity index (χ2n) is 5.36. The lowest BCUT2D eigenvalue weighted by atomic mass is 10.2. The quantitative estimate of drug-likeness (QED) is 0.198. The number of esters is 1. The average Bonchev–Trinajstić information content (AvgIpc) is 2.71. The zero-order valence-corrected chi connectivity index (χ0v) is 20.2. The molecule has 0 aliphatic carbocycles.